The van der Waals surface area contributed by atoms with Gasteiger partial charge in [0.2, 0.25) is 5.88 Å². The average molecular weight is 481 g/mol. The maximum absolute atomic E-state index is 12.8. The fourth-order valence-corrected chi connectivity index (χ4v) is 3.56. The highest BCUT2D eigenvalue weighted by Crippen LogP contribution is 2.25. The van der Waals surface area contributed by atoms with Crippen LogP contribution in [0.2, 0.25) is 0 Å². The van der Waals surface area contributed by atoms with Crippen molar-refractivity contribution in [2.45, 2.75) is 12.8 Å². The summed E-state index contributed by atoms with van der Waals surface area (Å²) in [4.78, 5) is 30.0. The second kappa shape index (κ2) is 11.0. The molecule has 180 valence electrons. The number of hydrogen-bond acceptors (Lipinski definition) is 8. The van der Waals surface area contributed by atoms with Crippen LogP contribution in [0.5, 0.6) is 11.6 Å². The van der Waals surface area contributed by atoms with E-state index in [2.05, 4.69) is 40.8 Å². The van der Waals surface area contributed by atoms with Gasteiger partial charge in [0.25, 0.3) is 5.91 Å². The van der Waals surface area contributed by atoms with Crippen molar-refractivity contribution < 1.29 is 9.53 Å². The Morgan fingerprint density at radius 1 is 1.03 bits per heavy atom. The van der Waals surface area contributed by atoms with Crippen molar-refractivity contribution in [3.63, 3.8) is 0 Å². The molecule has 5 rings (SSSR count). The van der Waals surface area contributed by atoms with Crippen LogP contribution in [0.3, 0.4) is 0 Å². The molecule has 0 atom stereocenters. The number of anilines is 2. The average Bonchev–Trinajstić information content (AvgIpc) is 3.40. The number of aromatic amines is 1. The zero-order chi connectivity index (χ0) is 24.6. The number of nitrogens with one attached hydrogen (secondary N) is 3. The minimum Gasteiger partial charge on any atom is -0.438 e. The third kappa shape index (κ3) is 5.79. The molecule has 36 heavy (non-hydrogen) atoms. The summed E-state index contributed by atoms with van der Waals surface area (Å²) >= 11 is 0. The van der Waals surface area contributed by atoms with Crippen molar-refractivity contribution >= 4 is 29.2 Å². The van der Waals surface area contributed by atoms with Gasteiger partial charge in [-0.05, 0) is 61.0 Å². The largest absolute Gasteiger partial charge is 0.438 e. The van der Waals surface area contributed by atoms with Gasteiger partial charge in [0.15, 0.2) is 5.82 Å². The monoisotopic (exact) mass is 480 g/mol. The third-order valence-electron chi connectivity index (χ3n) is 5.38. The van der Waals surface area contributed by atoms with Crippen LogP contribution in [0.25, 0.3) is 5.57 Å². The Morgan fingerprint density at radius 3 is 2.72 bits per heavy atom. The highest BCUT2D eigenvalue weighted by molar-refractivity contribution is 5.96. The lowest BCUT2D eigenvalue weighted by molar-refractivity contribution is 0.0951. The standard InChI is InChI=1S/C26H24N8O2/c35-25(29-17-12-23-32-24(34-33-23)18-10-15-27-16-11-18)21-4-3-14-30-26(21)36-20-8-6-19(7-9-20)31-22-5-1-2-13-28-22/h1-10,13-15H,11-12,16-17H2,(H,28,31)(H,29,35)(H,32,33,34). The molecule has 0 aliphatic carbocycles. The number of aliphatic imine (C=N–C) groups is 1. The summed E-state index contributed by atoms with van der Waals surface area (Å²) in [6.07, 6.45) is 8.34. The summed E-state index contributed by atoms with van der Waals surface area (Å²) in [5, 5.41) is 13.3. The molecular weight excluding hydrogens is 456 g/mol. The van der Waals surface area contributed by atoms with Crippen molar-refractivity contribution in [3.05, 3.63) is 90.3 Å². The minimum absolute atomic E-state index is 0.230. The number of pyridine rings is 2. The summed E-state index contributed by atoms with van der Waals surface area (Å²) in [5.74, 6) is 2.63. The Labute approximate surface area is 207 Å². The lowest BCUT2D eigenvalue weighted by atomic mass is 10.1. The number of allylic oxidation sites excluding steroid dienone is 1. The molecule has 0 bridgehead atoms. The zero-order valence-corrected chi connectivity index (χ0v) is 19.4. The molecule has 0 fully saturated rings. The molecule has 1 aliphatic heterocycles. The number of ether oxygens (including phenoxy) is 1. The van der Waals surface area contributed by atoms with Crippen LogP contribution < -0.4 is 15.4 Å². The molecule has 4 aromatic rings. The minimum atomic E-state index is -0.280. The molecule has 10 heteroatoms. The van der Waals surface area contributed by atoms with Crippen LogP contribution in [0.4, 0.5) is 11.5 Å². The van der Waals surface area contributed by atoms with E-state index in [9.17, 15) is 4.79 Å². The van der Waals surface area contributed by atoms with Crippen LogP contribution in [0.1, 0.15) is 28.4 Å². The molecule has 0 radical (unpaired) electrons. The van der Waals surface area contributed by atoms with Crippen molar-refractivity contribution in [2.24, 2.45) is 4.99 Å². The van der Waals surface area contributed by atoms with E-state index >= 15 is 0 Å². The van der Waals surface area contributed by atoms with Gasteiger partial charge in [-0.1, -0.05) is 6.07 Å². The number of nitrogens with zero attached hydrogens (tertiary/aromatic N) is 5. The van der Waals surface area contributed by atoms with Crippen molar-refractivity contribution in [1.82, 2.24) is 30.5 Å². The van der Waals surface area contributed by atoms with E-state index in [0.717, 1.165) is 30.0 Å². The van der Waals surface area contributed by atoms with Gasteiger partial charge in [-0.25, -0.2) is 15.0 Å². The lowest BCUT2D eigenvalue weighted by Crippen LogP contribution is -2.26. The number of H-pyrrole nitrogens is 1. The predicted octanol–water partition coefficient (Wildman–Crippen LogP) is 3.96. The fraction of sp³-hybridized carbons (Fsp3) is 0.154. The third-order valence-corrected chi connectivity index (χ3v) is 5.38. The summed E-state index contributed by atoms with van der Waals surface area (Å²) in [6.45, 7) is 1.13. The summed E-state index contributed by atoms with van der Waals surface area (Å²) in [7, 11) is 0. The van der Waals surface area contributed by atoms with Gasteiger partial charge in [-0.3, -0.25) is 14.9 Å². The van der Waals surface area contributed by atoms with Gasteiger partial charge >= 0.3 is 0 Å². The summed E-state index contributed by atoms with van der Waals surface area (Å²) in [6, 6.07) is 16.4. The molecule has 3 N–H and O–H groups in total. The Balaban J connectivity index is 1.17. The van der Waals surface area contributed by atoms with Gasteiger partial charge in [0, 0.05) is 49.4 Å². The number of dihydropyridines is 1. The fourth-order valence-electron chi connectivity index (χ4n) is 3.56. The van der Waals surface area contributed by atoms with Gasteiger partial charge in [-0.15, -0.1) is 0 Å². The molecule has 10 nitrogen and oxygen atoms in total. The molecule has 0 unspecified atom stereocenters. The van der Waals surface area contributed by atoms with Crippen LogP contribution >= 0.6 is 0 Å². The zero-order valence-electron chi connectivity index (χ0n) is 19.4. The van der Waals surface area contributed by atoms with Gasteiger partial charge in [0.05, 0.1) is 0 Å². The van der Waals surface area contributed by atoms with E-state index in [1.165, 1.54) is 0 Å². The van der Waals surface area contributed by atoms with E-state index < -0.39 is 0 Å². The topological polar surface area (TPSA) is 130 Å². The highest BCUT2D eigenvalue weighted by Gasteiger charge is 2.15. The van der Waals surface area contributed by atoms with Gasteiger partial charge in [-0.2, -0.15) is 5.10 Å². The number of amides is 1. The number of hydrogen-bond donors (Lipinski definition) is 3. The number of carbonyl (C=O) groups is 1. The maximum Gasteiger partial charge on any atom is 0.256 e. The molecule has 1 aliphatic rings. The van der Waals surface area contributed by atoms with E-state index in [-0.39, 0.29) is 11.8 Å². The van der Waals surface area contributed by atoms with E-state index in [1.807, 2.05) is 36.4 Å². The number of benzene rings is 1. The van der Waals surface area contributed by atoms with Crippen LogP contribution in [-0.2, 0) is 6.42 Å². The lowest BCUT2D eigenvalue weighted by Gasteiger charge is -2.11. The van der Waals surface area contributed by atoms with E-state index in [1.54, 1.807) is 42.9 Å². The first-order valence-corrected chi connectivity index (χ1v) is 11.5. The first-order chi connectivity index (χ1) is 17.7. The number of rotatable bonds is 9. The van der Waals surface area contributed by atoms with E-state index in [0.29, 0.717) is 35.9 Å². The summed E-state index contributed by atoms with van der Waals surface area (Å²) < 4.78 is 5.91. The number of carbonyl (C=O) groups excluding carboxylic acids is 1. The Hall–Kier alpha value is -4.86. The molecule has 1 amide bonds. The van der Waals surface area contributed by atoms with Crippen molar-refractivity contribution in [1.29, 1.82) is 0 Å². The number of aromatic nitrogens is 5. The maximum atomic E-state index is 12.8. The SMILES string of the molecule is O=C(NCCc1nc(C2=CC=NCC2)n[nH]1)c1cccnc1Oc1ccc(Nc2ccccn2)cc1. The Morgan fingerprint density at radius 2 is 1.92 bits per heavy atom. The Kier molecular flexibility index (Phi) is 7.03. The van der Waals surface area contributed by atoms with Crippen LogP contribution in [0, 0.1) is 0 Å². The second-order valence-corrected chi connectivity index (χ2v) is 7.93. The quantitative estimate of drug-likeness (QED) is 0.331. The van der Waals surface area contributed by atoms with E-state index in [4.69, 9.17) is 4.74 Å². The van der Waals surface area contributed by atoms with Crippen molar-refractivity contribution in [3.8, 4) is 11.6 Å². The van der Waals surface area contributed by atoms with Crippen molar-refractivity contribution in [2.75, 3.05) is 18.4 Å². The van der Waals surface area contributed by atoms with Crippen LogP contribution in [0.15, 0.2) is 78.1 Å². The molecule has 0 saturated carbocycles. The smallest absolute Gasteiger partial charge is 0.256 e. The van der Waals surface area contributed by atoms with Crippen LogP contribution in [-0.4, -0.2) is 50.4 Å². The first kappa shape index (κ1) is 22.9. The molecule has 0 spiro atoms. The van der Waals surface area contributed by atoms with Gasteiger partial charge < -0.3 is 15.4 Å². The summed E-state index contributed by atoms with van der Waals surface area (Å²) in [5.41, 5.74) is 2.26. The van der Waals surface area contributed by atoms with Gasteiger partial charge in [0.1, 0.15) is 23.0 Å². The highest BCUT2D eigenvalue weighted by atomic mass is 16.5. The Bertz CT molecular complexity index is 1380. The normalized spacial score (nSPS) is 12.6. The molecular formula is C26H24N8O2. The molecule has 0 saturated heterocycles. The predicted molar refractivity (Wildman–Crippen MR) is 137 cm³/mol. The molecule has 3 aromatic heterocycles. The molecule has 4 heterocycles. The second-order valence-electron chi connectivity index (χ2n) is 7.93. The first-order valence-electron chi connectivity index (χ1n) is 11.5. The molecule has 1 aromatic carbocycles.